The zero-order chi connectivity index (χ0) is 21.1. The fourth-order valence-corrected chi connectivity index (χ4v) is 4.43. The van der Waals surface area contributed by atoms with E-state index in [1.165, 1.54) is 11.3 Å². The van der Waals surface area contributed by atoms with Crippen molar-refractivity contribution in [1.29, 1.82) is 0 Å². The Kier molecular flexibility index (Phi) is 6.00. The smallest absolute Gasteiger partial charge is 0.348 e. The summed E-state index contributed by atoms with van der Waals surface area (Å²) < 4.78 is 39.2. The van der Waals surface area contributed by atoms with Gasteiger partial charge in [-0.1, -0.05) is 0 Å². The van der Waals surface area contributed by atoms with E-state index in [0.29, 0.717) is 30.0 Å². The molecule has 0 aliphatic heterocycles. The van der Waals surface area contributed by atoms with E-state index in [-0.39, 0.29) is 24.5 Å². The number of nitrogens with one attached hydrogen (secondary N) is 2. The van der Waals surface area contributed by atoms with Gasteiger partial charge in [0.25, 0.3) is 5.91 Å². The molecule has 0 unspecified atom stereocenters. The van der Waals surface area contributed by atoms with Gasteiger partial charge in [0, 0.05) is 31.0 Å². The average Bonchev–Trinajstić information content (AvgIpc) is 3.39. The molecule has 0 aromatic carbocycles. The van der Waals surface area contributed by atoms with Crippen molar-refractivity contribution in [3.63, 3.8) is 0 Å². The third kappa shape index (κ3) is 4.96. The molecule has 30 heavy (non-hydrogen) atoms. The molecule has 3 aromatic heterocycles. The first kappa shape index (κ1) is 20.7. The zero-order valence-electron chi connectivity index (χ0n) is 16.0. The Labute approximate surface area is 174 Å². The van der Waals surface area contributed by atoms with Crippen LogP contribution in [0.1, 0.15) is 42.6 Å². The van der Waals surface area contributed by atoms with Crippen LogP contribution in [0.3, 0.4) is 0 Å². The monoisotopic (exact) mass is 438 g/mol. The number of hydrogen-bond donors (Lipinski definition) is 2. The van der Waals surface area contributed by atoms with Crippen molar-refractivity contribution < 1.29 is 18.0 Å². The molecule has 160 valence electrons. The highest BCUT2D eigenvalue weighted by molar-refractivity contribution is 7.17. The average molecular weight is 438 g/mol. The van der Waals surface area contributed by atoms with E-state index in [1.807, 2.05) is 11.4 Å². The molecule has 1 aliphatic rings. The van der Waals surface area contributed by atoms with E-state index in [9.17, 15) is 18.0 Å². The first-order chi connectivity index (χ1) is 14.4. The summed E-state index contributed by atoms with van der Waals surface area (Å²) in [4.78, 5) is 25.9. The molecule has 3 aromatic rings. The zero-order valence-corrected chi connectivity index (χ0v) is 16.8. The number of hydrogen-bond acceptors (Lipinski definition) is 6. The minimum Gasteiger partial charge on any atom is -0.348 e. The van der Waals surface area contributed by atoms with Gasteiger partial charge in [0.1, 0.15) is 6.33 Å². The summed E-state index contributed by atoms with van der Waals surface area (Å²) in [5.41, 5.74) is 1.02. The van der Waals surface area contributed by atoms with Crippen molar-refractivity contribution in [2.75, 3.05) is 6.54 Å². The topological polar surface area (TPSA) is 84.7 Å². The second-order valence-corrected chi connectivity index (χ2v) is 8.23. The number of nitrogens with zero attached hydrogens (tertiary/aromatic N) is 4. The van der Waals surface area contributed by atoms with E-state index in [2.05, 4.69) is 25.6 Å². The second-order valence-electron chi connectivity index (χ2n) is 7.32. The molecule has 4 rings (SSSR count). The Morgan fingerprint density at radius 2 is 1.97 bits per heavy atom. The number of aromatic nitrogens is 4. The molecule has 0 bridgehead atoms. The highest BCUT2D eigenvalue weighted by Crippen LogP contribution is 2.25. The van der Waals surface area contributed by atoms with E-state index < -0.39 is 12.6 Å². The van der Waals surface area contributed by atoms with Gasteiger partial charge in [0.05, 0.1) is 16.6 Å². The lowest BCUT2D eigenvalue weighted by Crippen LogP contribution is -2.43. The van der Waals surface area contributed by atoms with Crippen LogP contribution in [0.15, 0.2) is 30.2 Å². The number of carbonyl (C=O) groups excluding carboxylic acids is 1. The Balaban J connectivity index is 1.38. The SMILES string of the molecule is O=C(N[C@H]1CC[C@H](NCCC(F)(F)F)CC1)c1nc(-n2ccnc2)nc2ccsc12. The Hall–Kier alpha value is -2.53. The summed E-state index contributed by atoms with van der Waals surface area (Å²) in [6.45, 7) is -0.0699. The molecule has 1 saturated carbocycles. The van der Waals surface area contributed by atoms with E-state index in [1.54, 1.807) is 23.3 Å². The van der Waals surface area contributed by atoms with Crippen molar-refractivity contribution in [2.45, 2.75) is 50.4 Å². The summed E-state index contributed by atoms with van der Waals surface area (Å²) >= 11 is 1.41. The maximum Gasteiger partial charge on any atom is 0.390 e. The quantitative estimate of drug-likeness (QED) is 0.616. The first-order valence-corrected chi connectivity index (χ1v) is 10.6. The maximum absolute atomic E-state index is 13.0. The molecule has 0 spiro atoms. The summed E-state index contributed by atoms with van der Waals surface area (Å²) in [5, 5.41) is 7.87. The van der Waals surface area contributed by atoms with E-state index >= 15 is 0 Å². The van der Waals surface area contributed by atoms with Crippen LogP contribution in [-0.4, -0.2) is 50.2 Å². The molecular formula is C19H21F3N6OS. The van der Waals surface area contributed by atoms with Crippen LogP contribution in [0.25, 0.3) is 16.2 Å². The van der Waals surface area contributed by atoms with Crippen molar-refractivity contribution in [2.24, 2.45) is 0 Å². The Morgan fingerprint density at radius 1 is 1.20 bits per heavy atom. The van der Waals surface area contributed by atoms with Crippen molar-refractivity contribution in [3.05, 3.63) is 35.9 Å². The number of imidazole rings is 1. The van der Waals surface area contributed by atoms with Gasteiger partial charge in [-0.15, -0.1) is 11.3 Å². The minimum absolute atomic E-state index is 0.0279. The van der Waals surface area contributed by atoms with Crippen LogP contribution in [0, 0.1) is 0 Å². The lowest BCUT2D eigenvalue weighted by Gasteiger charge is -2.29. The van der Waals surface area contributed by atoms with Crippen LogP contribution >= 0.6 is 11.3 Å². The standard InChI is InChI=1S/C19H21F3N6OS/c20-19(21,22)6-7-24-12-1-3-13(4-2-12)25-17(29)15-16-14(5-10-30-16)26-18(27-15)28-9-8-23-11-28/h5,8-13,24H,1-4,6-7H2,(H,25,29)/t12-,13-. The fraction of sp³-hybridized carbons (Fsp3) is 0.474. The van der Waals surface area contributed by atoms with Gasteiger partial charge in [-0.25, -0.2) is 15.0 Å². The van der Waals surface area contributed by atoms with Crippen molar-refractivity contribution in [1.82, 2.24) is 30.2 Å². The molecule has 0 radical (unpaired) electrons. The predicted octanol–water partition coefficient (Wildman–Crippen LogP) is 3.46. The lowest BCUT2D eigenvalue weighted by molar-refractivity contribution is -0.133. The second kappa shape index (κ2) is 8.68. The van der Waals surface area contributed by atoms with Crippen LogP contribution in [-0.2, 0) is 0 Å². The number of amides is 1. The molecule has 0 saturated heterocycles. The molecular weight excluding hydrogens is 417 g/mol. The summed E-state index contributed by atoms with van der Waals surface area (Å²) in [6, 6.07) is 1.87. The van der Waals surface area contributed by atoms with Crippen LogP contribution in [0.2, 0.25) is 0 Å². The first-order valence-electron chi connectivity index (χ1n) is 9.73. The number of carbonyl (C=O) groups is 1. The van der Waals surface area contributed by atoms with E-state index in [0.717, 1.165) is 17.5 Å². The van der Waals surface area contributed by atoms with Crippen LogP contribution < -0.4 is 10.6 Å². The van der Waals surface area contributed by atoms with Gasteiger partial charge in [0.15, 0.2) is 5.69 Å². The highest BCUT2D eigenvalue weighted by atomic mass is 32.1. The molecule has 1 fully saturated rings. The number of fused-ring (bicyclic) bond motifs is 1. The fourth-order valence-electron chi connectivity index (χ4n) is 3.61. The summed E-state index contributed by atoms with van der Waals surface area (Å²) in [6.07, 6.45) is 2.80. The van der Waals surface area contributed by atoms with E-state index in [4.69, 9.17) is 0 Å². The minimum atomic E-state index is -4.14. The largest absolute Gasteiger partial charge is 0.390 e. The third-order valence-electron chi connectivity index (χ3n) is 5.15. The van der Waals surface area contributed by atoms with Crippen molar-refractivity contribution >= 4 is 27.5 Å². The number of thiophene rings is 1. The number of halogens is 3. The highest BCUT2D eigenvalue weighted by Gasteiger charge is 2.28. The van der Waals surface area contributed by atoms with Gasteiger partial charge in [-0.2, -0.15) is 13.2 Å². The molecule has 11 heteroatoms. The molecule has 7 nitrogen and oxygen atoms in total. The van der Waals surface area contributed by atoms with Gasteiger partial charge in [0.2, 0.25) is 5.95 Å². The Bertz CT molecular complexity index is 996. The number of rotatable bonds is 6. The summed E-state index contributed by atoms with van der Waals surface area (Å²) in [7, 11) is 0. The van der Waals surface area contributed by atoms with Gasteiger partial charge in [-0.05, 0) is 37.1 Å². The molecule has 1 amide bonds. The van der Waals surface area contributed by atoms with Crippen LogP contribution in [0.4, 0.5) is 13.2 Å². The lowest BCUT2D eigenvalue weighted by atomic mass is 9.91. The van der Waals surface area contributed by atoms with Crippen LogP contribution in [0.5, 0.6) is 0 Å². The van der Waals surface area contributed by atoms with Crippen molar-refractivity contribution in [3.8, 4) is 5.95 Å². The maximum atomic E-state index is 13.0. The third-order valence-corrected chi connectivity index (χ3v) is 6.06. The Morgan fingerprint density at radius 3 is 2.67 bits per heavy atom. The number of alkyl halides is 3. The summed E-state index contributed by atoms with van der Waals surface area (Å²) in [5.74, 6) is 0.112. The predicted molar refractivity (Wildman–Crippen MR) is 107 cm³/mol. The molecule has 2 N–H and O–H groups in total. The van der Waals surface area contributed by atoms with Gasteiger partial charge < -0.3 is 10.6 Å². The molecule has 3 heterocycles. The van der Waals surface area contributed by atoms with Gasteiger partial charge >= 0.3 is 6.18 Å². The molecule has 0 atom stereocenters. The van der Waals surface area contributed by atoms with Gasteiger partial charge in [-0.3, -0.25) is 9.36 Å². The normalized spacial score (nSPS) is 19.8. The molecule has 1 aliphatic carbocycles.